The van der Waals surface area contributed by atoms with Crippen molar-refractivity contribution in [3.05, 3.63) is 59.7 Å². The molecule has 1 aliphatic carbocycles. The Labute approximate surface area is 202 Å². The van der Waals surface area contributed by atoms with Crippen molar-refractivity contribution < 1.29 is 19.9 Å². The first-order chi connectivity index (χ1) is 16.4. The highest BCUT2D eigenvalue weighted by Crippen LogP contribution is 2.40. The third-order valence-electron chi connectivity index (χ3n) is 7.93. The van der Waals surface area contributed by atoms with Gasteiger partial charge in [-0.05, 0) is 86.1 Å². The molecule has 0 spiro atoms. The number of unbranched alkanes of at least 4 members (excludes halogenated alkanes) is 1. The Morgan fingerprint density at radius 2 is 1.76 bits per heavy atom. The molecule has 2 aliphatic rings. The number of aryl methyl sites for hydroxylation is 1. The quantitative estimate of drug-likeness (QED) is 0.332. The fourth-order valence-corrected chi connectivity index (χ4v) is 5.93. The van der Waals surface area contributed by atoms with E-state index in [0.29, 0.717) is 25.3 Å². The maximum absolute atomic E-state index is 12.1. The van der Waals surface area contributed by atoms with Crippen molar-refractivity contribution in [2.45, 2.75) is 69.3 Å². The minimum Gasteiger partial charge on any atom is -0.480 e. The Morgan fingerprint density at radius 3 is 2.44 bits per heavy atom. The Balaban J connectivity index is 1.41. The minimum absolute atomic E-state index is 0.0659. The summed E-state index contributed by atoms with van der Waals surface area (Å²) in [5, 5.41) is 28.0. The zero-order chi connectivity index (χ0) is 24.1. The molecule has 5 N–H and O–H groups in total. The van der Waals surface area contributed by atoms with Gasteiger partial charge in [0.2, 0.25) is 0 Å². The monoisotopic (exact) mass is 464 g/mol. The number of fused-ring (bicyclic) bond motifs is 1. The van der Waals surface area contributed by atoms with Crippen LogP contribution in [-0.2, 0) is 11.2 Å². The SMILES string of the molecule is NC(CCCCB(O)O)(C(=O)O)C1CCN(C2CCCc3cc(-c4ccccc4)ccc32)CC1. The smallest absolute Gasteiger partial charge is 0.451 e. The molecule has 6 nitrogen and oxygen atoms in total. The van der Waals surface area contributed by atoms with Crippen LogP contribution in [0.1, 0.15) is 62.1 Å². The average molecular weight is 464 g/mol. The standard InChI is InChI=1S/C27H37BN2O4/c29-27(26(31)32,15-4-5-16-28(33)34)23-13-17-30(18-14-23)25-10-6-9-22-19-21(11-12-24(22)25)20-7-2-1-3-8-20/h1-3,7-8,11-12,19,23,25,33-34H,4-6,9-10,13-18,29H2,(H,31,32). The molecule has 34 heavy (non-hydrogen) atoms. The largest absolute Gasteiger partial charge is 0.480 e. The van der Waals surface area contributed by atoms with E-state index in [1.54, 1.807) is 0 Å². The van der Waals surface area contributed by atoms with Crippen molar-refractivity contribution in [3.8, 4) is 11.1 Å². The van der Waals surface area contributed by atoms with Gasteiger partial charge in [0.05, 0.1) is 0 Å². The zero-order valence-corrected chi connectivity index (χ0v) is 19.9. The number of carboxylic acid groups (broad SMARTS) is 1. The normalized spacial score (nSPS) is 21.0. The summed E-state index contributed by atoms with van der Waals surface area (Å²) in [5.74, 6) is -1.00. The maximum atomic E-state index is 12.1. The Hall–Kier alpha value is -2.19. The molecule has 4 rings (SSSR count). The predicted molar refractivity (Wildman–Crippen MR) is 135 cm³/mol. The highest BCUT2D eigenvalue weighted by molar-refractivity contribution is 6.40. The van der Waals surface area contributed by atoms with Crippen molar-refractivity contribution in [1.29, 1.82) is 0 Å². The summed E-state index contributed by atoms with van der Waals surface area (Å²) in [4.78, 5) is 14.6. The second kappa shape index (κ2) is 11.0. The molecule has 0 radical (unpaired) electrons. The number of aliphatic carboxylic acids is 1. The van der Waals surface area contributed by atoms with E-state index < -0.39 is 18.6 Å². The summed E-state index contributed by atoms with van der Waals surface area (Å²) in [7, 11) is -1.35. The summed E-state index contributed by atoms with van der Waals surface area (Å²) in [6.07, 6.45) is 6.73. The van der Waals surface area contributed by atoms with Crippen LogP contribution in [0.4, 0.5) is 0 Å². The second-order valence-corrected chi connectivity index (χ2v) is 10.1. The van der Waals surface area contributed by atoms with E-state index in [9.17, 15) is 9.90 Å². The van der Waals surface area contributed by atoms with Crippen molar-refractivity contribution in [1.82, 2.24) is 4.90 Å². The van der Waals surface area contributed by atoms with Crippen molar-refractivity contribution in [3.63, 3.8) is 0 Å². The van der Waals surface area contributed by atoms with Gasteiger partial charge in [0, 0.05) is 6.04 Å². The highest BCUT2D eigenvalue weighted by atomic mass is 16.4. The van der Waals surface area contributed by atoms with Gasteiger partial charge in [-0.2, -0.15) is 0 Å². The molecule has 2 unspecified atom stereocenters. The molecule has 7 heteroatoms. The van der Waals surface area contributed by atoms with Crippen molar-refractivity contribution in [2.75, 3.05) is 13.1 Å². The number of likely N-dealkylation sites (tertiary alicyclic amines) is 1. The number of benzene rings is 2. The molecule has 0 saturated carbocycles. The lowest BCUT2D eigenvalue weighted by Gasteiger charge is -2.44. The number of hydrogen-bond donors (Lipinski definition) is 4. The predicted octanol–water partition coefficient (Wildman–Crippen LogP) is 3.87. The van der Waals surface area contributed by atoms with Crippen molar-refractivity contribution >= 4 is 13.1 Å². The summed E-state index contributed by atoms with van der Waals surface area (Å²) < 4.78 is 0. The van der Waals surface area contributed by atoms with E-state index in [0.717, 1.165) is 38.8 Å². The Morgan fingerprint density at radius 1 is 1.03 bits per heavy atom. The molecule has 2 atom stereocenters. The van der Waals surface area contributed by atoms with E-state index in [4.69, 9.17) is 15.8 Å². The number of piperidine rings is 1. The van der Waals surface area contributed by atoms with Crippen LogP contribution in [0, 0.1) is 5.92 Å². The number of rotatable bonds is 9. The number of hydrogen-bond acceptors (Lipinski definition) is 5. The summed E-state index contributed by atoms with van der Waals surface area (Å²) in [6.45, 7) is 1.72. The first-order valence-electron chi connectivity index (χ1n) is 12.7. The molecule has 1 fully saturated rings. The lowest BCUT2D eigenvalue weighted by molar-refractivity contribution is -0.147. The third kappa shape index (κ3) is 5.55. The van der Waals surface area contributed by atoms with Gasteiger partial charge in [-0.1, -0.05) is 61.4 Å². The van der Waals surface area contributed by atoms with Gasteiger partial charge in [0.15, 0.2) is 0 Å². The van der Waals surface area contributed by atoms with Gasteiger partial charge >= 0.3 is 13.1 Å². The number of nitrogens with two attached hydrogens (primary N) is 1. The van der Waals surface area contributed by atoms with Crippen LogP contribution >= 0.6 is 0 Å². The average Bonchev–Trinajstić information content (AvgIpc) is 2.86. The third-order valence-corrected chi connectivity index (χ3v) is 7.93. The molecule has 182 valence electrons. The van der Waals surface area contributed by atoms with Gasteiger partial charge < -0.3 is 20.9 Å². The molecule has 0 bridgehead atoms. The first-order valence-corrected chi connectivity index (χ1v) is 12.7. The summed E-state index contributed by atoms with van der Waals surface area (Å²) in [6, 6.07) is 17.8. The van der Waals surface area contributed by atoms with Crippen LogP contribution < -0.4 is 5.73 Å². The zero-order valence-electron chi connectivity index (χ0n) is 19.9. The lowest BCUT2D eigenvalue weighted by Crippen LogP contribution is -2.57. The van der Waals surface area contributed by atoms with E-state index in [-0.39, 0.29) is 12.2 Å². The van der Waals surface area contributed by atoms with E-state index in [1.807, 2.05) is 6.07 Å². The van der Waals surface area contributed by atoms with Gasteiger partial charge in [-0.3, -0.25) is 9.69 Å². The molecular weight excluding hydrogens is 427 g/mol. The molecule has 1 aliphatic heterocycles. The van der Waals surface area contributed by atoms with Crippen LogP contribution in [0.25, 0.3) is 11.1 Å². The highest BCUT2D eigenvalue weighted by Gasteiger charge is 2.43. The van der Waals surface area contributed by atoms with Crippen LogP contribution in [0.3, 0.4) is 0 Å². The van der Waals surface area contributed by atoms with Crippen molar-refractivity contribution in [2.24, 2.45) is 11.7 Å². The Kier molecular flexibility index (Phi) is 8.09. The maximum Gasteiger partial charge on any atom is 0.451 e. The minimum atomic E-state index is -1.35. The van der Waals surface area contributed by atoms with Crippen LogP contribution in [0.5, 0.6) is 0 Å². The first kappa shape index (κ1) is 24.9. The lowest BCUT2D eigenvalue weighted by atomic mass is 9.73. The topological polar surface area (TPSA) is 107 Å². The summed E-state index contributed by atoms with van der Waals surface area (Å²) in [5.41, 5.74) is 10.6. The van der Waals surface area contributed by atoms with E-state index in [1.165, 1.54) is 28.7 Å². The summed E-state index contributed by atoms with van der Waals surface area (Å²) >= 11 is 0. The van der Waals surface area contributed by atoms with E-state index in [2.05, 4.69) is 47.4 Å². The van der Waals surface area contributed by atoms with Crippen LogP contribution in [0.2, 0.25) is 6.32 Å². The number of carboxylic acids is 1. The molecule has 2 aromatic rings. The molecular formula is C27H37BN2O4. The fourth-order valence-electron chi connectivity index (χ4n) is 5.93. The number of carbonyl (C=O) groups is 1. The van der Waals surface area contributed by atoms with Gasteiger partial charge in [0.1, 0.15) is 5.54 Å². The molecule has 0 amide bonds. The van der Waals surface area contributed by atoms with Gasteiger partial charge in [0.25, 0.3) is 0 Å². The van der Waals surface area contributed by atoms with Gasteiger partial charge in [-0.15, -0.1) is 0 Å². The molecule has 1 saturated heterocycles. The van der Waals surface area contributed by atoms with E-state index >= 15 is 0 Å². The fraction of sp³-hybridized carbons (Fsp3) is 0.519. The van der Waals surface area contributed by atoms with Gasteiger partial charge in [-0.25, -0.2) is 0 Å². The molecule has 0 aromatic heterocycles. The Bertz CT molecular complexity index is 962. The second-order valence-electron chi connectivity index (χ2n) is 10.1. The number of nitrogens with zero attached hydrogens (tertiary/aromatic N) is 1. The van der Waals surface area contributed by atoms with Crippen LogP contribution in [0.15, 0.2) is 48.5 Å². The molecule has 1 heterocycles. The molecule has 2 aromatic carbocycles. The van der Waals surface area contributed by atoms with Crippen LogP contribution in [-0.4, -0.2) is 51.8 Å².